The quantitative estimate of drug-likeness (QED) is 0.422. The first-order chi connectivity index (χ1) is 14.6. The van der Waals surface area contributed by atoms with Crippen molar-refractivity contribution in [2.45, 2.75) is 136 Å². The highest BCUT2D eigenvalue weighted by atomic mass is 28.4. The van der Waals surface area contributed by atoms with Gasteiger partial charge in [0.15, 0.2) is 16.6 Å². The Morgan fingerprint density at radius 2 is 1.47 bits per heavy atom. The van der Waals surface area contributed by atoms with E-state index in [0.29, 0.717) is 17.4 Å². The number of aliphatic hydroxyl groups is 1. The van der Waals surface area contributed by atoms with Gasteiger partial charge >= 0.3 is 0 Å². The van der Waals surface area contributed by atoms with Gasteiger partial charge in [0.2, 0.25) is 0 Å². The number of aliphatic hydroxyl groups excluding tert-OH is 1. The molecule has 0 aromatic carbocycles. The number of hydrogen-bond donors (Lipinski definition) is 1. The molecule has 1 N–H and O–H groups in total. The highest BCUT2D eigenvalue weighted by Crippen LogP contribution is 2.69. The molecule has 32 heavy (non-hydrogen) atoms. The van der Waals surface area contributed by atoms with Crippen LogP contribution in [0, 0.1) is 34.5 Å². The van der Waals surface area contributed by atoms with Gasteiger partial charge in [-0.1, -0.05) is 13.8 Å². The summed E-state index contributed by atoms with van der Waals surface area (Å²) in [5.74, 6) is 3.21. The van der Waals surface area contributed by atoms with Gasteiger partial charge in [-0.2, -0.15) is 0 Å². The lowest BCUT2D eigenvalue weighted by Crippen LogP contribution is -2.62. The summed E-state index contributed by atoms with van der Waals surface area (Å²) in [6, 6.07) is 0. The molecule has 4 aliphatic carbocycles. The minimum absolute atomic E-state index is 0.115. The van der Waals surface area contributed by atoms with Gasteiger partial charge in [-0.3, -0.25) is 0 Å². The Kier molecular flexibility index (Phi) is 6.49. The van der Waals surface area contributed by atoms with Gasteiger partial charge in [0.25, 0.3) is 0 Å². The molecule has 0 aromatic heterocycles. The van der Waals surface area contributed by atoms with Gasteiger partial charge in [0, 0.05) is 11.5 Å². The monoisotopic (exact) mass is 480 g/mol. The first kappa shape index (κ1) is 25.4. The second-order valence-electron chi connectivity index (χ2n) is 14.6. The summed E-state index contributed by atoms with van der Waals surface area (Å²) in [5.41, 5.74) is 0.261. The van der Waals surface area contributed by atoms with Crippen molar-refractivity contribution in [2.75, 3.05) is 0 Å². The molecular weight excluding hydrogens is 428 g/mol. The number of rotatable bonds is 5. The van der Waals surface area contributed by atoms with E-state index in [1.807, 2.05) is 6.92 Å². The summed E-state index contributed by atoms with van der Waals surface area (Å²) < 4.78 is 13.6. The zero-order valence-electron chi connectivity index (χ0n) is 22.6. The van der Waals surface area contributed by atoms with E-state index in [4.69, 9.17) is 8.85 Å². The second kappa shape index (κ2) is 8.18. The van der Waals surface area contributed by atoms with E-state index in [2.05, 4.69) is 53.1 Å². The van der Waals surface area contributed by atoms with Gasteiger partial charge in [-0.15, -0.1) is 0 Å². The summed E-state index contributed by atoms with van der Waals surface area (Å²) in [6.07, 6.45) is 11.6. The Morgan fingerprint density at radius 3 is 2.06 bits per heavy atom. The number of hydrogen-bond acceptors (Lipinski definition) is 3. The minimum Gasteiger partial charge on any atom is -0.415 e. The zero-order valence-corrected chi connectivity index (χ0v) is 24.6. The van der Waals surface area contributed by atoms with Crippen LogP contribution >= 0.6 is 0 Å². The van der Waals surface area contributed by atoms with Crippen molar-refractivity contribution in [1.82, 2.24) is 0 Å². The lowest BCUT2D eigenvalue weighted by atomic mass is 9.44. The largest absolute Gasteiger partial charge is 0.415 e. The minimum atomic E-state index is -1.77. The fourth-order valence-electron chi connectivity index (χ4n) is 9.34. The van der Waals surface area contributed by atoms with Crippen LogP contribution in [0.5, 0.6) is 0 Å². The van der Waals surface area contributed by atoms with Crippen molar-refractivity contribution in [1.29, 1.82) is 0 Å². The van der Waals surface area contributed by atoms with Gasteiger partial charge < -0.3 is 14.0 Å². The van der Waals surface area contributed by atoms with Gasteiger partial charge in [0.05, 0.1) is 11.7 Å². The molecule has 4 saturated carbocycles. The Hall–Kier alpha value is 0.314. The molecule has 186 valence electrons. The average molecular weight is 481 g/mol. The Morgan fingerprint density at radius 1 is 0.812 bits per heavy atom. The third kappa shape index (κ3) is 4.14. The van der Waals surface area contributed by atoms with Crippen LogP contribution < -0.4 is 0 Å². The lowest BCUT2D eigenvalue weighted by molar-refractivity contribution is -0.178. The molecule has 5 heteroatoms. The summed E-state index contributed by atoms with van der Waals surface area (Å²) in [7, 11) is -3.23. The Bertz CT molecular complexity index is 698. The normalized spacial score (nSPS) is 48.0. The molecule has 0 bridgehead atoms. The van der Waals surface area contributed by atoms with Gasteiger partial charge in [0.1, 0.15) is 0 Å². The van der Waals surface area contributed by atoms with E-state index in [1.165, 1.54) is 51.4 Å². The molecule has 0 spiro atoms. The molecule has 4 fully saturated rings. The highest BCUT2D eigenvalue weighted by Gasteiger charge is 2.67. The summed E-state index contributed by atoms with van der Waals surface area (Å²) in [6.45, 7) is 21.1. The van der Waals surface area contributed by atoms with Crippen molar-refractivity contribution in [3.05, 3.63) is 0 Å². The van der Waals surface area contributed by atoms with Crippen LogP contribution in [-0.4, -0.2) is 39.6 Å². The maximum atomic E-state index is 11.1. The Balaban J connectivity index is 1.56. The molecule has 0 radical (unpaired) electrons. The zero-order chi connectivity index (χ0) is 23.7. The van der Waals surface area contributed by atoms with Crippen LogP contribution in [0.25, 0.3) is 0 Å². The molecular formula is C27H52O3Si2. The topological polar surface area (TPSA) is 38.7 Å². The highest BCUT2D eigenvalue weighted by molar-refractivity contribution is 6.70. The molecule has 0 aromatic rings. The van der Waals surface area contributed by atoms with E-state index in [0.717, 1.165) is 24.2 Å². The first-order valence-corrected chi connectivity index (χ1v) is 20.5. The van der Waals surface area contributed by atoms with Gasteiger partial charge in [-0.05, 0) is 133 Å². The van der Waals surface area contributed by atoms with E-state index in [-0.39, 0.29) is 17.1 Å². The third-order valence-electron chi connectivity index (χ3n) is 10.5. The van der Waals surface area contributed by atoms with Crippen LogP contribution in [0.4, 0.5) is 0 Å². The van der Waals surface area contributed by atoms with Crippen LogP contribution in [0.1, 0.15) is 78.6 Å². The second-order valence-corrected chi connectivity index (χ2v) is 23.4. The summed E-state index contributed by atoms with van der Waals surface area (Å²) in [5, 5.41) is 11.1. The fraction of sp³-hybridized carbons (Fsp3) is 1.00. The molecule has 0 heterocycles. The molecule has 9 atom stereocenters. The standard InChI is InChI=1S/C27H52O3Si2/c1-19(28)27(30-32(7,8)9)17-14-24-22-11-10-20-18-21(29-31(4,5)6)12-15-25(20,2)23(22)13-16-26(24,27)3/h19-24,28H,10-18H2,1-9H3. The van der Waals surface area contributed by atoms with Crippen LogP contribution in [0.3, 0.4) is 0 Å². The smallest absolute Gasteiger partial charge is 0.184 e. The van der Waals surface area contributed by atoms with Crippen molar-refractivity contribution < 1.29 is 14.0 Å². The molecule has 4 aliphatic rings. The molecule has 0 saturated heterocycles. The van der Waals surface area contributed by atoms with Crippen LogP contribution in [-0.2, 0) is 8.85 Å². The predicted molar refractivity (Wildman–Crippen MR) is 139 cm³/mol. The lowest BCUT2D eigenvalue weighted by Gasteiger charge is -2.63. The molecule has 3 nitrogen and oxygen atoms in total. The van der Waals surface area contributed by atoms with Crippen LogP contribution in [0.15, 0.2) is 0 Å². The van der Waals surface area contributed by atoms with Crippen molar-refractivity contribution in [2.24, 2.45) is 34.5 Å². The number of fused-ring (bicyclic) bond motifs is 5. The molecule has 9 unspecified atom stereocenters. The average Bonchev–Trinajstić information content (AvgIpc) is 2.93. The molecule has 0 amide bonds. The van der Waals surface area contributed by atoms with Crippen LogP contribution in [0.2, 0.25) is 39.3 Å². The molecule has 4 rings (SSSR count). The van der Waals surface area contributed by atoms with E-state index < -0.39 is 16.6 Å². The van der Waals surface area contributed by atoms with Crippen molar-refractivity contribution >= 4 is 16.6 Å². The predicted octanol–water partition coefficient (Wildman–Crippen LogP) is 7.22. The van der Waals surface area contributed by atoms with E-state index >= 15 is 0 Å². The third-order valence-corrected chi connectivity index (χ3v) is 12.5. The maximum Gasteiger partial charge on any atom is 0.184 e. The first-order valence-electron chi connectivity index (χ1n) is 13.7. The summed E-state index contributed by atoms with van der Waals surface area (Å²) in [4.78, 5) is 0. The fourth-order valence-corrected chi connectivity index (χ4v) is 12.2. The van der Waals surface area contributed by atoms with Crippen molar-refractivity contribution in [3.8, 4) is 0 Å². The summed E-state index contributed by atoms with van der Waals surface area (Å²) >= 11 is 0. The SMILES string of the molecule is CC(O)C1(O[Si](C)(C)C)CCC2C3CCC4CC(O[Si](C)(C)C)CCC4(C)C3CCC21C. The Labute approximate surface area is 200 Å². The van der Waals surface area contributed by atoms with Gasteiger partial charge in [-0.25, -0.2) is 0 Å². The van der Waals surface area contributed by atoms with E-state index in [9.17, 15) is 5.11 Å². The molecule has 0 aliphatic heterocycles. The van der Waals surface area contributed by atoms with Crippen molar-refractivity contribution in [3.63, 3.8) is 0 Å². The maximum absolute atomic E-state index is 11.1. The van der Waals surface area contributed by atoms with E-state index in [1.54, 1.807) is 0 Å².